The Morgan fingerprint density at radius 1 is 1.14 bits per heavy atom. The Hall–Kier alpha value is -2.95. The van der Waals surface area contributed by atoms with Crippen LogP contribution in [0, 0.1) is 0 Å². The van der Waals surface area contributed by atoms with Gasteiger partial charge in [0.2, 0.25) is 5.91 Å². The molecule has 1 aromatic heterocycles. The predicted molar refractivity (Wildman–Crippen MR) is 86.7 cm³/mol. The number of allylic oxidation sites excluding steroid dienone is 1. The van der Waals surface area contributed by atoms with E-state index in [1.54, 1.807) is 48.7 Å². The molecule has 2 amide bonds. The summed E-state index contributed by atoms with van der Waals surface area (Å²) in [6.45, 7) is 1.96. The van der Waals surface area contributed by atoms with Crippen LogP contribution >= 0.6 is 0 Å². The van der Waals surface area contributed by atoms with Crippen molar-refractivity contribution in [3.05, 3.63) is 66.5 Å². The molecule has 0 aliphatic rings. The minimum atomic E-state index is -0.248. The number of benzene rings is 1. The van der Waals surface area contributed by atoms with Crippen LogP contribution in [0.15, 0.2) is 60.9 Å². The number of rotatable bonds is 5. The minimum absolute atomic E-state index is 0.197. The highest BCUT2D eigenvalue weighted by atomic mass is 16.2. The molecule has 1 aromatic carbocycles. The number of pyridine rings is 1. The van der Waals surface area contributed by atoms with Crippen LogP contribution in [-0.4, -0.2) is 16.8 Å². The lowest BCUT2D eigenvalue weighted by atomic mass is 10.2. The second kappa shape index (κ2) is 7.73. The average molecular weight is 295 g/mol. The first-order chi connectivity index (χ1) is 10.7. The van der Waals surface area contributed by atoms with Crippen molar-refractivity contribution in [1.82, 2.24) is 4.98 Å². The monoisotopic (exact) mass is 295 g/mol. The molecule has 22 heavy (non-hydrogen) atoms. The lowest BCUT2D eigenvalue weighted by Gasteiger charge is -2.07. The maximum absolute atomic E-state index is 12.0. The van der Waals surface area contributed by atoms with Crippen LogP contribution in [0.4, 0.5) is 11.4 Å². The molecule has 1 heterocycles. The second-order valence-electron chi connectivity index (χ2n) is 4.58. The van der Waals surface area contributed by atoms with Gasteiger partial charge in [-0.25, -0.2) is 0 Å². The Morgan fingerprint density at radius 2 is 1.91 bits per heavy atom. The van der Waals surface area contributed by atoms with Crippen LogP contribution in [0.1, 0.15) is 23.7 Å². The van der Waals surface area contributed by atoms with Gasteiger partial charge < -0.3 is 10.6 Å². The molecule has 2 aromatic rings. The summed E-state index contributed by atoms with van der Waals surface area (Å²) in [6, 6.07) is 10.4. The summed E-state index contributed by atoms with van der Waals surface area (Å²) in [5, 5.41) is 5.51. The summed E-state index contributed by atoms with van der Waals surface area (Å²) in [4.78, 5) is 27.6. The number of hydrogen-bond acceptors (Lipinski definition) is 3. The molecule has 5 heteroatoms. The van der Waals surface area contributed by atoms with Crippen molar-refractivity contribution in [3.8, 4) is 0 Å². The molecule has 2 rings (SSSR count). The van der Waals surface area contributed by atoms with Crippen LogP contribution in [0.2, 0.25) is 0 Å². The highest BCUT2D eigenvalue weighted by Crippen LogP contribution is 2.16. The normalized spacial score (nSPS) is 10.4. The van der Waals surface area contributed by atoms with Gasteiger partial charge in [0.1, 0.15) is 0 Å². The SMILES string of the molecule is CC/C=C/C(=O)Nc1cccc(NC(=O)c2cccnc2)c1. The topological polar surface area (TPSA) is 71.1 Å². The van der Waals surface area contributed by atoms with Gasteiger partial charge in [-0.05, 0) is 42.8 Å². The summed E-state index contributed by atoms with van der Waals surface area (Å²) < 4.78 is 0. The van der Waals surface area contributed by atoms with Gasteiger partial charge in [0.25, 0.3) is 5.91 Å². The van der Waals surface area contributed by atoms with E-state index in [4.69, 9.17) is 0 Å². The molecule has 0 atom stereocenters. The number of hydrogen-bond donors (Lipinski definition) is 2. The lowest BCUT2D eigenvalue weighted by molar-refractivity contribution is -0.111. The number of anilines is 2. The van der Waals surface area contributed by atoms with Crippen molar-refractivity contribution in [2.45, 2.75) is 13.3 Å². The average Bonchev–Trinajstić information content (AvgIpc) is 2.54. The minimum Gasteiger partial charge on any atom is -0.322 e. The molecular weight excluding hydrogens is 278 g/mol. The van der Waals surface area contributed by atoms with E-state index in [-0.39, 0.29) is 11.8 Å². The number of nitrogens with one attached hydrogen (secondary N) is 2. The molecule has 2 N–H and O–H groups in total. The molecule has 0 spiro atoms. The zero-order valence-corrected chi connectivity index (χ0v) is 12.2. The quantitative estimate of drug-likeness (QED) is 0.832. The largest absolute Gasteiger partial charge is 0.322 e. The number of amides is 2. The van der Waals surface area contributed by atoms with Crippen LogP contribution in [0.5, 0.6) is 0 Å². The van der Waals surface area contributed by atoms with Gasteiger partial charge in [0, 0.05) is 23.8 Å². The zero-order chi connectivity index (χ0) is 15.8. The third-order valence-corrected chi connectivity index (χ3v) is 2.82. The van der Waals surface area contributed by atoms with Crippen molar-refractivity contribution < 1.29 is 9.59 Å². The number of carbonyl (C=O) groups is 2. The van der Waals surface area contributed by atoms with E-state index >= 15 is 0 Å². The fourth-order valence-electron chi connectivity index (χ4n) is 1.78. The molecular formula is C17H17N3O2. The molecule has 0 saturated carbocycles. The zero-order valence-electron chi connectivity index (χ0n) is 12.2. The molecule has 0 radical (unpaired) electrons. The Bertz CT molecular complexity index is 681. The summed E-state index contributed by atoms with van der Waals surface area (Å²) in [5.41, 5.74) is 1.70. The van der Waals surface area contributed by atoms with Crippen molar-refractivity contribution in [3.63, 3.8) is 0 Å². The molecule has 112 valence electrons. The van der Waals surface area contributed by atoms with Crippen molar-refractivity contribution in [2.24, 2.45) is 0 Å². The van der Waals surface area contributed by atoms with Crippen molar-refractivity contribution in [1.29, 1.82) is 0 Å². The smallest absolute Gasteiger partial charge is 0.257 e. The van der Waals surface area contributed by atoms with Gasteiger partial charge in [-0.15, -0.1) is 0 Å². The Balaban J connectivity index is 2.04. The molecule has 0 saturated heterocycles. The maximum Gasteiger partial charge on any atom is 0.257 e. The third kappa shape index (κ3) is 4.56. The van der Waals surface area contributed by atoms with Crippen molar-refractivity contribution in [2.75, 3.05) is 10.6 Å². The van der Waals surface area contributed by atoms with Gasteiger partial charge >= 0.3 is 0 Å². The molecule has 0 fully saturated rings. The molecule has 0 aliphatic heterocycles. The summed E-state index contributed by atoms with van der Waals surface area (Å²) in [7, 11) is 0. The van der Waals surface area contributed by atoms with Crippen LogP contribution in [0.25, 0.3) is 0 Å². The Kier molecular flexibility index (Phi) is 5.43. The highest BCUT2D eigenvalue weighted by Gasteiger charge is 2.06. The van der Waals surface area contributed by atoms with Crippen LogP contribution < -0.4 is 10.6 Å². The first kappa shape index (κ1) is 15.4. The maximum atomic E-state index is 12.0. The van der Waals surface area contributed by atoms with Gasteiger partial charge in [0.05, 0.1) is 5.56 Å². The number of aromatic nitrogens is 1. The predicted octanol–water partition coefficient (Wildman–Crippen LogP) is 3.24. The van der Waals surface area contributed by atoms with E-state index < -0.39 is 0 Å². The fraction of sp³-hybridized carbons (Fsp3) is 0.118. The number of carbonyl (C=O) groups excluding carboxylic acids is 2. The van der Waals surface area contributed by atoms with Crippen LogP contribution in [-0.2, 0) is 4.79 Å². The Labute approximate surface area is 129 Å². The lowest BCUT2D eigenvalue weighted by Crippen LogP contribution is -2.13. The van der Waals surface area contributed by atoms with Gasteiger partial charge in [0.15, 0.2) is 0 Å². The number of nitrogens with zero attached hydrogens (tertiary/aromatic N) is 1. The first-order valence-electron chi connectivity index (χ1n) is 6.98. The van der Waals surface area contributed by atoms with Crippen molar-refractivity contribution >= 4 is 23.2 Å². The van der Waals surface area contributed by atoms with E-state index in [9.17, 15) is 9.59 Å². The second-order valence-corrected chi connectivity index (χ2v) is 4.58. The van der Waals surface area contributed by atoms with E-state index in [0.29, 0.717) is 16.9 Å². The third-order valence-electron chi connectivity index (χ3n) is 2.82. The molecule has 0 aliphatic carbocycles. The van der Waals surface area contributed by atoms with E-state index in [1.807, 2.05) is 6.92 Å². The summed E-state index contributed by atoms with van der Waals surface area (Å²) >= 11 is 0. The van der Waals surface area contributed by atoms with E-state index in [0.717, 1.165) is 6.42 Å². The fourth-order valence-corrected chi connectivity index (χ4v) is 1.78. The molecule has 5 nitrogen and oxygen atoms in total. The van der Waals surface area contributed by atoms with Gasteiger partial charge in [-0.3, -0.25) is 14.6 Å². The van der Waals surface area contributed by atoms with E-state index in [2.05, 4.69) is 15.6 Å². The van der Waals surface area contributed by atoms with Gasteiger partial charge in [-0.2, -0.15) is 0 Å². The highest BCUT2D eigenvalue weighted by molar-refractivity contribution is 6.04. The molecule has 0 unspecified atom stereocenters. The first-order valence-corrected chi connectivity index (χ1v) is 6.98. The summed E-state index contributed by atoms with van der Waals surface area (Å²) in [6.07, 6.45) is 7.17. The standard InChI is InChI=1S/C17H17N3O2/c1-2-3-9-16(21)19-14-7-4-8-15(11-14)20-17(22)13-6-5-10-18-12-13/h3-12H,2H2,1H3,(H,19,21)(H,20,22)/b9-3+. The van der Waals surface area contributed by atoms with Crippen LogP contribution in [0.3, 0.4) is 0 Å². The van der Waals surface area contributed by atoms with Gasteiger partial charge in [-0.1, -0.05) is 19.1 Å². The summed E-state index contributed by atoms with van der Waals surface area (Å²) in [5.74, 6) is -0.444. The Morgan fingerprint density at radius 3 is 2.59 bits per heavy atom. The molecule has 0 bridgehead atoms. The van der Waals surface area contributed by atoms with E-state index in [1.165, 1.54) is 12.3 Å².